The van der Waals surface area contributed by atoms with Crippen LogP contribution in [-0.2, 0) is 21.4 Å². The van der Waals surface area contributed by atoms with Gasteiger partial charge in [-0.1, -0.05) is 11.6 Å². The maximum absolute atomic E-state index is 12.4. The molecule has 0 saturated carbocycles. The molecule has 1 N–H and O–H groups in total. The van der Waals surface area contributed by atoms with Gasteiger partial charge in [-0.05, 0) is 37.4 Å². The summed E-state index contributed by atoms with van der Waals surface area (Å²) >= 11 is 5.92. The van der Waals surface area contributed by atoms with E-state index in [1.807, 2.05) is 0 Å². The molecule has 1 heterocycles. The number of nitrogens with one attached hydrogen (secondary N) is 1. The van der Waals surface area contributed by atoms with Crippen molar-refractivity contribution in [2.75, 3.05) is 14.2 Å². The summed E-state index contributed by atoms with van der Waals surface area (Å²) in [6.07, 6.45) is 0. The van der Waals surface area contributed by atoms with Crippen LogP contribution in [0.25, 0.3) is 11.0 Å². The Kier molecular flexibility index (Phi) is 5.92. The predicted molar refractivity (Wildman–Crippen MR) is 106 cm³/mol. The van der Waals surface area contributed by atoms with E-state index in [4.69, 9.17) is 25.5 Å². The number of esters is 1. The molecule has 0 radical (unpaired) electrons. The summed E-state index contributed by atoms with van der Waals surface area (Å²) in [5.74, 6) is -0.265. The first-order chi connectivity index (χ1) is 13.7. The van der Waals surface area contributed by atoms with Crippen molar-refractivity contribution in [3.05, 3.63) is 69.0 Å². The number of fused-ring (bicyclic) bond motifs is 1. The van der Waals surface area contributed by atoms with Crippen molar-refractivity contribution < 1.29 is 27.1 Å². The molecule has 0 amide bonds. The van der Waals surface area contributed by atoms with Gasteiger partial charge in [-0.25, -0.2) is 22.7 Å². The third-order valence-corrected chi connectivity index (χ3v) is 6.02. The van der Waals surface area contributed by atoms with Gasteiger partial charge in [0.15, 0.2) is 0 Å². The molecule has 0 aliphatic rings. The second-order valence-corrected chi connectivity index (χ2v) is 8.14. The molecule has 10 heteroatoms. The van der Waals surface area contributed by atoms with E-state index < -0.39 is 21.6 Å². The van der Waals surface area contributed by atoms with Gasteiger partial charge in [0.25, 0.3) is 0 Å². The quantitative estimate of drug-likeness (QED) is 0.466. The van der Waals surface area contributed by atoms with Crippen LogP contribution < -0.4 is 15.1 Å². The molecule has 0 aliphatic carbocycles. The van der Waals surface area contributed by atoms with E-state index in [0.29, 0.717) is 16.7 Å². The normalized spacial score (nSPS) is 11.4. The van der Waals surface area contributed by atoms with Crippen LogP contribution in [0.4, 0.5) is 0 Å². The van der Waals surface area contributed by atoms with Gasteiger partial charge in [0.1, 0.15) is 22.8 Å². The Morgan fingerprint density at radius 2 is 1.93 bits per heavy atom. The Hall–Kier alpha value is -2.88. The summed E-state index contributed by atoms with van der Waals surface area (Å²) in [4.78, 5) is 24.0. The molecule has 1 aromatic heterocycles. The number of hydrogen-bond acceptors (Lipinski definition) is 7. The zero-order valence-corrected chi connectivity index (χ0v) is 17.0. The first-order valence-electron chi connectivity index (χ1n) is 8.26. The molecule has 0 bridgehead atoms. The molecule has 0 unspecified atom stereocenters. The molecule has 3 rings (SSSR count). The Morgan fingerprint density at radius 3 is 2.62 bits per heavy atom. The third kappa shape index (κ3) is 4.42. The lowest BCUT2D eigenvalue weighted by Gasteiger charge is -2.10. The van der Waals surface area contributed by atoms with E-state index in [1.165, 1.54) is 32.4 Å². The maximum atomic E-state index is 12.4. The Bertz CT molecular complexity index is 1250. The summed E-state index contributed by atoms with van der Waals surface area (Å²) in [6.45, 7) is -0.218. The van der Waals surface area contributed by atoms with Crippen LogP contribution in [0.1, 0.15) is 15.9 Å². The van der Waals surface area contributed by atoms with Crippen molar-refractivity contribution in [1.82, 2.24) is 4.72 Å². The van der Waals surface area contributed by atoms with Crippen molar-refractivity contribution in [3.8, 4) is 5.75 Å². The minimum atomic E-state index is -3.85. The summed E-state index contributed by atoms with van der Waals surface area (Å²) in [7, 11) is -1.13. The predicted octanol–water partition coefficient (Wildman–Crippen LogP) is 2.72. The summed E-state index contributed by atoms with van der Waals surface area (Å²) in [5.41, 5.74) is 0.115. The fraction of sp³-hybridized carbons (Fsp3) is 0.158. The highest BCUT2D eigenvalue weighted by Crippen LogP contribution is 2.25. The Balaban J connectivity index is 1.88. The molecule has 152 valence electrons. The molecule has 29 heavy (non-hydrogen) atoms. The number of carbonyl (C=O) groups excluding carboxylic acids is 1. The van der Waals surface area contributed by atoms with Gasteiger partial charge in [-0.2, -0.15) is 0 Å². The summed E-state index contributed by atoms with van der Waals surface area (Å²) in [5, 5.41) is 0.546. The van der Waals surface area contributed by atoms with E-state index >= 15 is 0 Å². The maximum Gasteiger partial charge on any atom is 0.338 e. The molecule has 0 fully saturated rings. The van der Waals surface area contributed by atoms with E-state index in [9.17, 15) is 18.0 Å². The van der Waals surface area contributed by atoms with Gasteiger partial charge in [0.05, 0.1) is 17.7 Å². The highest BCUT2D eigenvalue weighted by Gasteiger charge is 2.19. The second kappa shape index (κ2) is 8.24. The average Bonchev–Trinajstić information content (AvgIpc) is 2.71. The molecular formula is C19H16ClNO7S. The number of ether oxygens (including phenoxy) is 2. The fourth-order valence-electron chi connectivity index (χ4n) is 2.63. The minimum Gasteiger partial charge on any atom is -0.497 e. The minimum absolute atomic E-state index is 0.00262. The zero-order valence-electron chi connectivity index (χ0n) is 15.4. The van der Waals surface area contributed by atoms with Crippen molar-refractivity contribution in [2.24, 2.45) is 0 Å². The first kappa shape index (κ1) is 20.8. The molecule has 3 aromatic rings. The Morgan fingerprint density at radius 1 is 1.17 bits per heavy atom. The third-order valence-electron chi connectivity index (χ3n) is 4.12. The average molecular weight is 438 g/mol. The van der Waals surface area contributed by atoms with Crippen LogP contribution in [0.5, 0.6) is 5.75 Å². The Labute approximate surface area is 171 Å². The van der Waals surface area contributed by atoms with Crippen LogP contribution in [0.2, 0.25) is 5.02 Å². The lowest BCUT2D eigenvalue weighted by atomic mass is 10.1. The molecule has 0 saturated heterocycles. The number of carbonyl (C=O) groups is 1. The van der Waals surface area contributed by atoms with Crippen LogP contribution in [-0.4, -0.2) is 28.5 Å². The van der Waals surface area contributed by atoms with Crippen LogP contribution in [0.3, 0.4) is 0 Å². The van der Waals surface area contributed by atoms with Crippen molar-refractivity contribution in [2.45, 2.75) is 11.5 Å². The van der Waals surface area contributed by atoms with E-state index in [-0.39, 0.29) is 27.7 Å². The largest absolute Gasteiger partial charge is 0.497 e. The van der Waals surface area contributed by atoms with Gasteiger partial charge in [-0.3, -0.25) is 0 Å². The van der Waals surface area contributed by atoms with Crippen LogP contribution in [0.15, 0.2) is 56.6 Å². The summed E-state index contributed by atoms with van der Waals surface area (Å²) < 4.78 is 41.7. The zero-order chi connectivity index (χ0) is 21.2. The highest BCUT2D eigenvalue weighted by molar-refractivity contribution is 7.89. The standard InChI is InChI=1S/C19H16ClNO7S/c1-21-29(24,25)17-7-11(3-6-15(17)20)19(23)27-10-12-8-18(22)28-16-9-13(26-2)4-5-14(12)16/h3-9,21H,10H2,1-2H3. The van der Waals surface area contributed by atoms with Gasteiger partial charge < -0.3 is 13.9 Å². The number of hydrogen-bond donors (Lipinski definition) is 1. The fourth-order valence-corrected chi connectivity index (χ4v) is 3.88. The van der Waals surface area contributed by atoms with Crippen molar-refractivity contribution in [1.29, 1.82) is 0 Å². The molecule has 0 aliphatic heterocycles. The second-order valence-electron chi connectivity index (χ2n) is 5.88. The molecule has 8 nitrogen and oxygen atoms in total. The van der Waals surface area contributed by atoms with Gasteiger partial charge >= 0.3 is 11.6 Å². The number of rotatable bonds is 6. The van der Waals surface area contributed by atoms with Crippen molar-refractivity contribution >= 4 is 38.6 Å². The molecular weight excluding hydrogens is 422 g/mol. The number of halogens is 1. The van der Waals surface area contributed by atoms with Crippen LogP contribution in [0, 0.1) is 0 Å². The van der Waals surface area contributed by atoms with Gasteiger partial charge in [-0.15, -0.1) is 0 Å². The van der Waals surface area contributed by atoms with Crippen molar-refractivity contribution in [3.63, 3.8) is 0 Å². The summed E-state index contributed by atoms with van der Waals surface area (Å²) in [6, 6.07) is 9.90. The number of sulfonamides is 1. The monoisotopic (exact) mass is 437 g/mol. The van der Waals surface area contributed by atoms with E-state index in [0.717, 1.165) is 6.07 Å². The number of benzene rings is 2. The smallest absolute Gasteiger partial charge is 0.338 e. The SMILES string of the molecule is CNS(=O)(=O)c1cc(C(=O)OCc2cc(=O)oc3cc(OC)ccc23)ccc1Cl. The highest BCUT2D eigenvalue weighted by atomic mass is 35.5. The number of methoxy groups -OCH3 is 1. The first-order valence-corrected chi connectivity index (χ1v) is 10.1. The molecule has 2 aromatic carbocycles. The lowest BCUT2D eigenvalue weighted by Crippen LogP contribution is -2.19. The topological polar surface area (TPSA) is 112 Å². The van der Waals surface area contributed by atoms with E-state index in [1.54, 1.807) is 18.2 Å². The van der Waals surface area contributed by atoms with E-state index in [2.05, 4.69) is 4.72 Å². The molecule has 0 atom stereocenters. The van der Waals surface area contributed by atoms with Gasteiger partial charge in [0.2, 0.25) is 10.0 Å². The molecule has 0 spiro atoms. The van der Waals surface area contributed by atoms with Crippen LogP contribution >= 0.6 is 11.6 Å². The van der Waals surface area contributed by atoms with Gasteiger partial charge in [0, 0.05) is 23.1 Å². The lowest BCUT2D eigenvalue weighted by molar-refractivity contribution is 0.0473.